The summed E-state index contributed by atoms with van der Waals surface area (Å²) >= 11 is 6.26. The van der Waals surface area contributed by atoms with Gasteiger partial charge in [-0.1, -0.05) is 60.2 Å². The number of methoxy groups -OCH3 is 1. The number of carbonyl (C=O) groups excluding carboxylic acids is 1. The van der Waals surface area contributed by atoms with Crippen molar-refractivity contribution in [1.82, 2.24) is 4.57 Å². The fraction of sp³-hybridized carbons (Fsp3) is 0.156. The van der Waals surface area contributed by atoms with Crippen LogP contribution in [0.5, 0.6) is 5.75 Å². The van der Waals surface area contributed by atoms with Gasteiger partial charge in [0.2, 0.25) is 5.91 Å². The summed E-state index contributed by atoms with van der Waals surface area (Å²) in [5, 5.41) is 12.0. The molecule has 4 rings (SSSR count). The highest BCUT2D eigenvalue weighted by Gasteiger charge is 2.34. The molecule has 0 saturated heterocycles. The number of halogens is 4. The molecule has 10 heteroatoms. The number of anilines is 1. The number of carbonyl (C=O) groups is 1. The molecule has 214 valence electrons. The Bertz CT molecular complexity index is 1760. The molecular formula is C32H25ClF3N3O3. The highest BCUT2D eigenvalue weighted by Crippen LogP contribution is 2.37. The second-order valence-electron chi connectivity index (χ2n) is 9.54. The third-order valence-corrected chi connectivity index (χ3v) is 6.85. The van der Waals surface area contributed by atoms with Crippen molar-refractivity contribution in [3.8, 4) is 22.9 Å². The molecule has 1 aromatic heterocycles. The van der Waals surface area contributed by atoms with E-state index >= 15 is 0 Å². The van der Waals surface area contributed by atoms with E-state index in [1.54, 1.807) is 48.5 Å². The Morgan fingerprint density at radius 2 is 1.81 bits per heavy atom. The van der Waals surface area contributed by atoms with Gasteiger partial charge in [-0.05, 0) is 53.9 Å². The van der Waals surface area contributed by atoms with Crippen molar-refractivity contribution in [3.63, 3.8) is 0 Å². The van der Waals surface area contributed by atoms with E-state index in [2.05, 4.69) is 11.9 Å². The van der Waals surface area contributed by atoms with Crippen molar-refractivity contribution in [2.75, 3.05) is 12.4 Å². The van der Waals surface area contributed by atoms with E-state index in [4.69, 9.17) is 21.6 Å². The summed E-state index contributed by atoms with van der Waals surface area (Å²) < 4.78 is 47.4. The predicted octanol–water partition coefficient (Wildman–Crippen LogP) is 7.52. The molecule has 1 amide bonds. The molecule has 0 aliphatic rings. The topological polar surface area (TPSA) is 84.1 Å². The Morgan fingerprint density at radius 1 is 1.10 bits per heavy atom. The third kappa shape index (κ3) is 6.56. The van der Waals surface area contributed by atoms with Crippen LogP contribution < -0.4 is 15.6 Å². The highest BCUT2D eigenvalue weighted by atomic mass is 35.5. The average Bonchev–Trinajstić information content (AvgIpc) is 2.95. The molecule has 1 unspecified atom stereocenters. The molecule has 1 heterocycles. The number of rotatable bonds is 8. The van der Waals surface area contributed by atoms with Gasteiger partial charge in [-0.3, -0.25) is 14.2 Å². The number of ether oxygens (including phenoxy) is 1. The smallest absolute Gasteiger partial charge is 0.417 e. The second-order valence-corrected chi connectivity index (χ2v) is 9.97. The van der Waals surface area contributed by atoms with Crippen LogP contribution in [-0.4, -0.2) is 17.6 Å². The van der Waals surface area contributed by atoms with Crippen LogP contribution in [-0.2, 0) is 17.4 Å². The SMILES string of the molecule is C=C(C)c1ccc(Cl)cc1-c1cc(=O)n(C(Cc2ccccc2)C(=O)Nc2ccc(C#N)c(C(F)(F)F)c2)cc1OC. The Morgan fingerprint density at radius 3 is 2.43 bits per heavy atom. The van der Waals surface area contributed by atoms with Gasteiger partial charge in [0.05, 0.1) is 30.5 Å². The number of hydrogen-bond donors (Lipinski definition) is 1. The van der Waals surface area contributed by atoms with E-state index in [1.807, 2.05) is 6.92 Å². The molecule has 0 spiro atoms. The largest absolute Gasteiger partial charge is 0.495 e. The van der Waals surface area contributed by atoms with Gasteiger partial charge in [-0.15, -0.1) is 0 Å². The van der Waals surface area contributed by atoms with Gasteiger partial charge in [0, 0.05) is 28.8 Å². The van der Waals surface area contributed by atoms with Gasteiger partial charge in [0.15, 0.2) is 0 Å². The summed E-state index contributed by atoms with van der Waals surface area (Å²) in [6.07, 6.45) is -3.36. The van der Waals surface area contributed by atoms with Crippen molar-refractivity contribution in [2.45, 2.75) is 25.6 Å². The number of aromatic nitrogens is 1. The lowest BCUT2D eigenvalue weighted by Crippen LogP contribution is -2.34. The molecule has 1 N–H and O–H groups in total. The lowest BCUT2D eigenvalue weighted by Gasteiger charge is -2.22. The first-order valence-corrected chi connectivity index (χ1v) is 13.0. The van der Waals surface area contributed by atoms with Gasteiger partial charge in [-0.25, -0.2) is 0 Å². The fourth-order valence-electron chi connectivity index (χ4n) is 4.59. The zero-order chi connectivity index (χ0) is 30.6. The molecule has 1 atom stereocenters. The number of pyridine rings is 1. The molecule has 0 fully saturated rings. The van der Waals surface area contributed by atoms with E-state index < -0.39 is 34.8 Å². The maximum Gasteiger partial charge on any atom is 0.417 e. The summed E-state index contributed by atoms with van der Waals surface area (Å²) in [5.41, 5.74) is 0.745. The number of amides is 1. The molecule has 0 aliphatic heterocycles. The lowest BCUT2D eigenvalue weighted by molar-refractivity contribution is -0.137. The summed E-state index contributed by atoms with van der Waals surface area (Å²) in [6, 6.07) is 18.6. The number of nitrogens with one attached hydrogen (secondary N) is 1. The van der Waals surface area contributed by atoms with E-state index in [0.717, 1.165) is 17.2 Å². The van der Waals surface area contributed by atoms with Crippen LogP contribution in [0.4, 0.5) is 18.9 Å². The standard InChI is InChI=1S/C32H25ClF3N3O3/c1-19(2)24-12-10-22(33)14-25(24)26-16-30(40)39(18-29(26)42-3)28(13-20-7-5-4-6-8-20)31(41)38-23-11-9-21(17-37)27(15-23)32(34,35)36/h4-12,14-16,18,28H,1,13H2,2-3H3,(H,38,41). The number of nitrogens with zero attached hydrogens (tertiary/aromatic N) is 2. The van der Waals surface area contributed by atoms with Crippen LogP contribution in [0.15, 0.2) is 90.4 Å². The zero-order valence-corrected chi connectivity index (χ0v) is 23.4. The zero-order valence-electron chi connectivity index (χ0n) is 22.6. The Hall–Kier alpha value is -4.81. The van der Waals surface area contributed by atoms with E-state index in [1.165, 1.54) is 36.1 Å². The summed E-state index contributed by atoms with van der Waals surface area (Å²) in [6.45, 7) is 5.81. The highest BCUT2D eigenvalue weighted by molar-refractivity contribution is 6.31. The van der Waals surface area contributed by atoms with Gasteiger partial charge >= 0.3 is 6.18 Å². The van der Waals surface area contributed by atoms with Crippen LogP contribution in [0.2, 0.25) is 5.02 Å². The number of benzene rings is 3. The molecule has 3 aromatic carbocycles. The van der Waals surface area contributed by atoms with Crippen LogP contribution in [0.25, 0.3) is 16.7 Å². The first kappa shape index (κ1) is 30.2. The second kappa shape index (κ2) is 12.4. The van der Waals surface area contributed by atoms with E-state index in [9.17, 15) is 22.8 Å². The Kier molecular flexibility index (Phi) is 8.88. The van der Waals surface area contributed by atoms with Crippen LogP contribution in [0, 0.1) is 11.3 Å². The van der Waals surface area contributed by atoms with Crippen molar-refractivity contribution in [3.05, 3.63) is 123 Å². The van der Waals surface area contributed by atoms with Crippen molar-refractivity contribution in [1.29, 1.82) is 5.26 Å². The summed E-state index contributed by atoms with van der Waals surface area (Å²) in [7, 11) is 1.42. The number of nitriles is 1. The molecule has 0 saturated carbocycles. The number of hydrogen-bond acceptors (Lipinski definition) is 4. The van der Waals surface area contributed by atoms with Crippen LogP contribution >= 0.6 is 11.6 Å². The minimum absolute atomic E-state index is 0.0473. The quantitative estimate of drug-likeness (QED) is 0.230. The number of allylic oxidation sites excluding steroid dienone is 1. The molecule has 42 heavy (non-hydrogen) atoms. The maximum absolute atomic E-state index is 13.6. The maximum atomic E-state index is 13.6. The van der Waals surface area contributed by atoms with E-state index in [0.29, 0.717) is 27.8 Å². The van der Waals surface area contributed by atoms with E-state index in [-0.39, 0.29) is 17.9 Å². The first-order valence-electron chi connectivity index (χ1n) is 12.6. The Labute approximate surface area is 245 Å². The van der Waals surface area contributed by atoms with Crippen molar-refractivity contribution >= 4 is 28.8 Å². The van der Waals surface area contributed by atoms with Gasteiger partial charge in [0.25, 0.3) is 5.56 Å². The molecular weight excluding hydrogens is 567 g/mol. The fourth-order valence-corrected chi connectivity index (χ4v) is 4.76. The third-order valence-electron chi connectivity index (χ3n) is 6.62. The summed E-state index contributed by atoms with van der Waals surface area (Å²) in [4.78, 5) is 27.2. The summed E-state index contributed by atoms with van der Waals surface area (Å²) in [5.74, 6) is -0.470. The molecule has 0 bridgehead atoms. The predicted molar refractivity (Wildman–Crippen MR) is 156 cm³/mol. The van der Waals surface area contributed by atoms with Crippen LogP contribution in [0.3, 0.4) is 0 Å². The first-order chi connectivity index (χ1) is 19.9. The van der Waals surface area contributed by atoms with Gasteiger partial charge < -0.3 is 10.1 Å². The number of alkyl halides is 3. The molecule has 6 nitrogen and oxygen atoms in total. The van der Waals surface area contributed by atoms with Crippen LogP contribution in [0.1, 0.15) is 35.2 Å². The van der Waals surface area contributed by atoms with Crippen molar-refractivity contribution < 1.29 is 22.7 Å². The molecule has 0 aliphatic carbocycles. The molecule has 0 radical (unpaired) electrons. The van der Waals surface area contributed by atoms with Gasteiger partial charge in [0.1, 0.15) is 11.8 Å². The minimum Gasteiger partial charge on any atom is -0.495 e. The Balaban J connectivity index is 1.82. The van der Waals surface area contributed by atoms with Crippen molar-refractivity contribution in [2.24, 2.45) is 0 Å². The van der Waals surface area contributed by atoms with Gasteiger partial charge in [-0.2, -0.15) is 18.4 Å². The molecule has 4 aromatic rings. The monoisotopic (exact) mass is 591 g/mol. The normalized spacial score (nSPS) is 11.8. The lowest BCUT2D eigenvalue weighted by atomic mass is 9.95. The minimum atomic E-state index is -4.81. The average molecular weight is 592 g/mol.